The van der Waals surface area contributed by atoms with E-state index in [2.05, 4.69) is 0 Å². The van der Waals surface area contributed by atoms with Gasteiger partial charge < -0.3 is 10.3 Å². The summed E-state index contributed by atoms with van der Waals surface area (Å²) in [4.78, 5) is 0. The molecule has 68 valence electrons. The number of para-hydroxylation sites is 2. The highest BCUT2D eigenvalue weighted by molar-refractivity contribution is 5.84. The molecular weight excluding hydrogens is 174 g/mol. The van der Waals surface area contributed by atoms with Crippen LogP contribution in [0.4, 0.5) is 11.4 Å². The van der Waals surface area contributed by atoms with E-state index in [1.807, 2.05) is 48.5 Å². The second kappa shape index (κ2) is 2.67. The number of benzene rings is 2. The van der Waals surface area contributed by atoms with E-state index in [-0.39, 0.29) is 5.06 Å². The quantitative estimate of drug-likeness (QED) is 0.621. The molecule has 3 rings (SSSR count). The topological polar surface area (TPSA) is 27.5 Å². The van der Waals surface area contributed by atoms with E-state index in [9.17, 15) is 5.21 Å². The third kappa shape index (κ3) is 0.867. The van der Waals surface area contributed by atoms with E-state index < -0.39 is 0 Å². The predicted octanol–water partition coefficient (Wildman–Crippen LogP) is 2.01. The molecule has 0 fully saturated rings. The number of nitrogens with one attached hydrogen (secondary N) is 1. The standard InChI is InChI=1S/C12H9NO/c14-13-11-7-3-1-5-9(11)10-6-2-4-8-12(10)13/h1-8,13H. The lowest BCUT2D eigenvalue weighted by Crippen LogP contribution is -2.95. The van der Waals surface area contributed by atoms with Gasteiger partial charge in [0.15, 0.2) is 0 Å². The van der Waals surface area contributed by atoms with E-state index in [4.69, 9.17) is 0 Å². The molecule has 0 saturated heterocycles. The zero-order valence-corrected chi connectivity index (χ0v) is 7.53. The van der Waals surface area contributed by atoms with Crippen molar-refractivity contribution in [2.75, 3.05) is 0 Å². The first kappa shape index (κ1) is 7.74. The molecule has 0 atom stereocenters. The van der Waals surface area contributed by atoms with Crippen LogP contribution >= 0.6 is 0 Å². The van der Waals surface area contributed by atoms with Crippen LogP contribution in [0.25, 0.3) is 11.1 Å². The first-order chi connectivity index (χ1) is 6.88. The van der Waals surface area contributed by atoms with Crippen LogP contribution in [0, 0.1) is 5.21 Å². The Morgan fingerprint density at radius 1 is 0.714 bits per heavy atom. The Balaban J connectivity index is 2.36. The Kier molecular flexibility index (Phi) is 1.48. The van der Waals surface area contributed by atoms with Crippen molar-refractivity contribution in [2.45, 2.75) is 0 Å². The molecule has 0 aromatic heterocycles. The predicted molar refractivity (Wildman–Crippen MR) is 55.5 cm³/mol. The van der Waals surface area contributed by atoms with Crippen molar-refractivity contribution in [2.24, 2.45) is 0 Å². The smallest absolute Gasteiger partial charge is 0.144 e. The minimum atomic E-state index is 0.149. The summed E-state index contributed by atoms with van der Waals surface area (Å²) in [7, 11) is 0. The van der Waals surface area contributed by atoms with Crippen LogP contribution in [0.1, 0.15) is 0 Å². The zero-order chi connectivity index (χ0) is 9.54. The van der Waals surface area contributed by atoms with Crippen molar-refractivity contribution < 1.29 is 5.06 Å². The summed E-state index contributed by atoms with van der Waals surface area (Å²) < 4.78 is 0. The SMILES string of the molecule is [O-][NH+]1c2ccccc2-c2ccccc21. The molecule has 0 saturated carbocycles. The average Bonchev–Trinajstić information content (AvgIpc) is 2.55. The highest BCUT2D eigenvalue weighted by Gasteiger charge is 2.24. The van der Waals surface area contributed by atoms with Crippen LogP contribution in [-0.4, -0.2) is 0 Å². The van der Waals surface area contributed by atoms with Gasteiger partial charge in [0.05, 0.1) is 0 Å². The van der Waals surface area contributed by atoms with E-state index in [1.54, 1.807) is 0 Å². The summed E-state index contributed by atoms with van der Waals surface area (Å²) >= 11 is 0. The highest BCUT2D eigenvalue weighted by atomic mass is 16.5. The Morgan fingerprint density at radius 2 is 1.14 bits per heavy atom. The lowest BCUT2D eigenvalue weighted by atomic mass is 10.1. The van der Waals surface area contributed by atoms with E-state index in [0.29, 0.717) is 0 Å². The van der Waals surface area contributed by atoms with Crippen molar-refractivity contribution in [1.82, 2.24) is 0 Å². The molecule has 1 heterocycles. The Hall–Kier alpha value is -1.64. The first-order valence-corrected chi connectivity index (χ1v) is 4.61. The molecule has 1 aliphatic rings. The fraction of sp³-hybridized carbons (Fsp3) is 0. The van der Waals surface area contributed by atoms with Crippen LogP contribution in [0.3, 0.4) is 0 Å². The summed E-state index contributed by atoms with van der Waals surface area (Å²) in [5, 5.41) is 12.0. The van der Waals surface area contributed by atoms with Crippen molar-refractivity contribution >= 4 is 11.4 Å². The number of hydrogen-bond donors (Lipinski definition) is 1. The number of quaternary nitrogens is 1. The van der Waals surface area contributed by atoms with Gasteiger partial charge in [-0.1, -0.05) is 24.3 Å². The van der Waals surface area contributed by atoms with Crippen molar-refractivity contribution in [1.29, 1.82) is 0 Å². The van der Waals surface area contributed by atoms with Gasteiger partial charge >= 0.3 is 0 Å². The van der Waals surface area contributed by atoms with Crippen LogP contribution in [0.15, 0.2) is 48.5 Å². The highest BCUT2D eigenvalue weighted by Crippen LogP contribution is 2.35. The van der Waals surface area contributed by atoms with Crippen LogP contribution < -0.4 is 5.06 Å². The minimum absolute atomic E-state index is 0.149. The van der Waals surface area contributed by atoms with Gasteiger partial charge in [0, 0.05) is 23.3 Å². The molecule has 0 amide bonds. The average molecular weight is 183 g/mol. The lowest BCUT2D eigenvalue weighted by Gasteiger charge is -2.16. The van der Waals surface area contributed by atoms with Gasteiger partial charge in [0.1, 0.15) is 11.4 Å². The monoisotopic (exact) mass is 183 g/mol. The maximum absolute atomic E-state index is 11.9. The number of rotatable bonds is 0. The van der Waals surface area contributed by atoms with Gasteiger partial charge in [-0.2, -0.15) is 0 Å². The van der Waals surface area contributed by atoms with Crippen molar-refractivity contribution in [3.63, 3.8) is 0 Å². The molecule has 1 N–H and O–H groups in total. The van der Waals surface area contributed by atoms with E-state index in [0.717, 1.165) is 22.5 Å². The molecule has 0 radical (unpaired) electrons. The molecular formula is C12H9NO. The third-order valence-corrected chi connectivity index (χ3v) is 2.63. The molecule has 14 heavy (non-hydrogen) atoms. The molecule has 2 nitrogen and oxygen atoms in total. The van der Waals surface area contributed by atoms with Gasteiger partial charge in [-0.05, 0) is 12.1 Å². The van der Waals surface area contributed by atoms with Gasteiger partial charge in [-0.25, -0.2) is 0 Å². The van der Waals surface area contributed by atoms with Gasteiger partial charge in [0.25, 0.3) is 0 Å². The van der Waals surface area contributed by atoms with Gasteiger partial charge in [-0.3, -0.25) is 0 Å². The fourth-order valence-corrected chi connectivity index (χ4v) is 1.98. The molecule has 0 unspecified atom stereocenters. The number of hydrogen-bond acceptors (Lipinski definition) is 1. The molecule has 1 aliphatic heterocycles. The van der Waals surface area contributed by atoms with Crippen molar-refractivity contribution in [3.8, 4) is 11.1 Å². The molecule has 0 aliphatic carbocycles. The molecule has 0 bridgehead atoms. The van der Waals surface area contributed by atoms with Crippen LogP contribution in [0.2, 0.25) is 0 Å². The summed E-state index contributed by atoms with van der Waals surface area (Å²) in [6.07, 6.45) is 0. The maximum atomic E-state index is 11.9. The van der Waals surface area contributed by atoms with Gasteiger partial charge in [0.2, 0.25) is 0 Å². The normalized spacial score (nSPS) is 13.8. The van der Waals surface area contributed by atoms with Gasteiger partial charge in [-0.15, -0.1) is 0 Å². The first-order valence-electron chi connectivity index (χ1n) is 4.61. The Bertz CT molecular complexity index is 448. The Labute approximate surface area is 82.0 Å². The zero-order valence-electron chi connectivity index (χ0n) is 7.53. The molecule has 0 spiro atoms. The van der Waals surface area contributed by atoms with Crippen molar-refractivity contribution in [3.05, 3.63) is 53.7 Å². The fourth-order valence-electron chi connectivity index (χ4n) is 1.98. The second-order valence-electron chi connectivity index (χ2n) is 3.42. The summed E-state index contributed by atoms with van der Waals surface area (Å²) in [6.45, 7) is 0. The lowest BCUT2D eigenvalue weighted by molar-refractivity contribution is -0.694. The largest absolute Gasteiger partial charge is 0.623 e. The summed E-state index contributed by atoms with van der Waals surface area (Å²) in [5.74, 6) is 0. The molecule has 2 aromatic carbocycles. The van der Waals surface area contributed by atoms with Crippen LogP contribution in [-0.2, 0) is 0 Å². The second-order valence-corrected chi connectivity index (χ2v) is 3.42. The summed E-state index contributed by atoms with van der Waals surface area (Å²) in [6, 6.07) is 15.5. The Morgan fingerprint density at radius 3 is 1.64 bits per heavy atom. The molecule has 2 heteroatoms. The summed E-state index contributed by atoms with van der Waals surface area (Å²) in [5.41, 5.74) is 3.78. The minimum Gasteiger partial charge on any atom is -0.623 e. The maximum Gasteiger partial charge on any atom is 0.144 e. The van der Waals surface area contributed by atoms with E-state index >= 15 is 0 Å². The third-order valence-electron chi connectivity index (χ3n) is 2.63. The van der Waals surface area contributed by atoms with Crippen LogP contribution in [0.5, 0.6) is 0 Å². The van der Waals surface area contributed by atoms with E-state index in [1.165, 1.54) is 0 Å². The molecule has 2 aromatic rings. The number of fused-ring (bicyclic) bond motifs is 3.